The Morgan fingerprint density at radius 1 is 1.33 bits per heavy atom. The van der Waals surface area contributed by atoms with Gasteiger partial charge in [-0.1, -0.05) is 0 Å². The molecule has 0 aromatic carbocycles. The molecular weight excluding hydrogens is 284 g/mol. The van der Waals surface area contributed by atoms with E-state index in [2.05, 4.69) is 0 Å². The summed E-state index contributed by atoms with van der Waals surface area (Å²) in [6.07, 6.45) is 0. The van der Waals surface area contributed by atoms with Gasteiger partial charge >= 0.3 is 80.3 Å². The summed E-state index contributed by atoms with van der Waals surface area (Å²) in [5.41, 5.74) is 0. The van der Waals surface area contributed by atoms with Gasteiger partial charge in [-0.25, -0.2) is 0 Å². The molecule has 0 fully saturated rings. The van der Waals surface area contributed by atoms with E-state index < -0.39 is 18.8 Å². The first-order valence-corrected chi connectivity index (χ1v) is 4.48. The van der Waals surface area contributed by atoms with E-state index >= 15 is 0 Å². The van der Waals surface area contributed by atoms with E-state index in [1.165, 1.54) is 0 Å². The molecule has 0 unspecified atom stereocenters. The minimum absolute atomic E-state index is 0. The molecule has 0 rings (SSSR count). The maximum absolute atomic E-state index is 8.62. The fraction of sp³-hybridized carbons (Fsp3) is 0. The Balaban J connectivity index is -0.0000000450. The zero-order valence-corrected chi connectivity index (χ0v) is 9.51. The average Bonchev–Trinajstić information content (AvgIpc) is 0.811. The van der Waals surface area contributed by atoms with Crippen molar-refractivity contribution in [2.45, 2.75) is 0 Å². The maximum atomic E-state index is 8.62. The Kier molecular flexibility index (Phi) is 26.1. The van der Waals surface area contributed by atoms with Crippen LogP contribution in [0.5, 0.6) is 0 Å². The number of hydrogen-bond acceptors (Lipinski definition) is 3. The summed E-state index contributed by atoms with van der Waals surface area (Å²) in [7, 11) is 0. The van der Waals surface area contributed by atoms with Crippen molar-refractivity contribution in [2.75, 3.05) is 0 Å². The zero-order chi connectivity index (χ0) is 3.58. The first-order valence-electron chi connectivity index (χ1n) is 0.548. The predicted molar refractivity (Wildman–Crippen MR) is 4.99 cm³/mol. The van der Waals surface area contributed by atoms with Gasteiger partial charge in [-0.2, -0.15) is 0 Å². The predicted octanol–water partition coefficient (Wildman–Crippen LogP) is -5.25. The van der Waals surface area contributed by atoms with Gasteiger partial charge in [0.1, 0.15) is 0 Å². The van der Waals surface area contributed by atoms with E-state index in [1.807, 2.05) is 0 Å². The second kappa shape index (κ2) is 10.0. The summed E-state index contributed by atoms with van der Waals surface area (Å²) in [5, 5.41) is 0. The number of hydrogen-bond donors (Lipinski definition) is 0. The Labute approximate surface area is 83.9 Å². The van der Waals surface area contributed by atoms with Gasteiger partial charge in [0.05, 0.1) is 0 Å². The van der Waals surface area contributed by atoms with Crippen molar-refractivity contribution in [1.82, 2.24) is 0 Å². The molecule has 6 heteroatoms. The van der Waals surface area contributed by atoms with Gasteiger partial charge in [0.15, 0.2) is 0 Å². The quantitative estimate of drug-likeness (QED) is 0.417. The van der Waals surface area contributed by atoms with Crippen molar-refractivity contribution < 1.29 is 85.8 Å². The standard InChI is InChI=1S/K.H2O.3O.Ta/h;1H2;;;;/q+1;;;;-1;. The van der Waals surface area contributed by atoms with Gasteiger partial charge in [-0.15, -0.1) is 0 Å². The topological polar surface area (TPSA) is 88.7 Å². The molecule has 6 heavy (non-hydrogen) atoms. The van der Waals surface area contributed by atoms with Crippen LogP contribution in [0, 0.1) is 0 Å². The van der Waals surface area contributed by atoms with Crippen molar-refractivity contribution in [1.29, 1.82) is 0 Å². The van der Waals surface area contributed by atoms with Crippen molar-refractivity contribution in [3.8, 4) is 0 Å². The first-order chi connectivity index (χ1) is 1.73. The minimum atomic E-state index is -4.34. The van der Waals surface area contributed by atoms with Crippen LogP contribution in [0.25, 0.3) is 0 Å². The summed E-state index contributed by atoms with van der Waals surface area (Å²) < 4.78 is 25.9. The van der Waals surface area contributed by atoms with Crippen LogP contribution in [0.1, 0.15) is 0 Å². The van der Waals surface area contributed by atoms with Crippen molar-refractivity contribution in [2.24, 2.45) is 0 Å². The SMILES string of the molecule is O.[K+].[O]=[Ta](=[O])[O-]. The summed E-state index contributed by atoms with van der Waals surface area (Å²) in [6, 6.07) is 0. The van der Waals surface area contributed by atoms with Crippen LogP contribution in [0.3, 0.4) is 0 Å². The van der Waals surface area contributed by atoms with E-state index in [0.717, 1.165) is 0 Å². The van der Waals surface area contributed by atoms with Crippen LogP contribution in [0.15, 0.2) is 0 Å². The van der Waals surface area contributed by atoms with Gasteiger partial charge in [0.25, 0.3) is 0 Å². The van der Waals surface area contributed by atoms with Crippen LogP contribution < -0.4 is 55.0 Å². The fourth-order valence-corrected chi connectivity index (χ4v) is 0. The molecule has 0 aromatic heterocycles. The van der Waals surface area contributed by atoms with E-state index in [1.54, 1.807) is 0 Å². The molecule has 0 spiro atoms. The molecule has 0 atom stereocenters. The fourth-order valence-electron chi connectivity index (χ4n) is 0. The monoisotopic (exact) mass is 286 g/mol. The molecule has 0 heterocycles. The molecule has 0 saturated heterocycles. The van der Waals surface area contributed by atoms with Gasteiger partial charge < -0.3 is 5.48 Å². The normalized spacial score (nSPS) is 4.17. The first kappa shape index (κ1) is 15.7. The summed E-state index contributed by atoms with van der Waals surface area (Å²) in [5.74, 6) is 0. The van der Waals surface area contributed by atoms with E-state index in [4.69, 9.17) is 10.1 Å². The molecule has 0 bridgehead atoms. The Morgan fingerprint density at radius 3 is 1.33 bits per heavy atom. The summed E-state index contributed by atoms with van der Waals surface area (Å²) in [6.45, 7) is 0. The Morgan fingerprint density at radius 2 is 1.33 bits per heavy atom. The molecule has 4 nitrogen and oxygen atoms in total. The van der Waals surface area contributed by atoms with Crippen molar-refractivity contribution >= 4 is 0 Å². The van der Waals surface area contributed by atoms with Crippen molar-refractivity contribution in [3.05, 3.63) is 0 Å². The molecule has 0 aliphatic carbocycles. The van der Waals surface area contributed by atoms with Crippen LogP contribution in [-0.4, -0.2) is 5.48 Å². The third-order valence-electron chi connectivity index (χ3n) is 0. The molecule has 0 amide bonds. The van der Waals surface area contributed by atoms with Gasteiger partial charge in [-0.05, 0) is 0 Å². The molecule has 2 N–H and O–H groups in total. The second-order valence-electron chi connectivity index (χ2n) is 0.224. The zero-order valence-electron chi connectivity index (χ0n) is 3.17. The van der Waals surface area contributed by atoms with Crippen molar-refractivity contribution in [3.63, 3.8) is 0 Å². The average molecular weight is 286 g/mol. The van der Waals surface area contributed by atoms with Gasteiger partial charge in [0, 0.05) is 0 Å². The van der Waals surface area contributed by atoms with Crippen LogP contribution in [0.2, 0.25) is 0 Å². The number of rotatable bonds is 0. The second-order valence-corrected chi connectivity index (χ2v) is 1.83. The Bertz CT molecular complexity index is 55.9. The molecule has 0 aromatic rings. The third-order valence-corrected chi connectivity index (χ3v) is 0. The summed E-state index contributed by atoms with van der Waals surface area (Å²) in [4.78, 5) is 0. The molecule has 0 radical (unpaired) electrons. The molecule has 0 aliphatic rings. The molecule has 0 saturated carbocycles. The van der Waals surface area contributed by atoms with Gasteiger partial charge in [-0.3, -0.25) is 0 Å². The van der Waals surface area contributed by atoms with Gasteiger partial charge in [0.2, 0.25) is 0 Å². The molecule has 32 valence electrons. The third kappa shape index (κ3) is 39.3. The van der Waals surface area contributed by atoms with E-state index in [9.17, 15) is 0 Å². The van der Waals surface area contributed by atoms with E-state index in [0.29, 0.717) is 0 Å². The molecular formula is H2KO4Ta. The van der Waals surface area contributed by atoms with E-state index in [-0.39, 0.29) is 56.9 Å². The molecule has 0 aliphatic heterocycles. The Hall–Kier alpha value is 1.90. The summed E-state index contributed by atoms with van der Waals surface area (Å²) >= 11 is -4.34. The van der Waals surface area contributed by atoms with Crippen LogP contribution in [-0.2, 0) is 25.3 Å². The van der Waals surface area contributed by atoms with Crippen LogP contribution >= 0.6 is 0 Å². The van der Waals surface area contributed by atoms with Crippen LogP contribution in [0.4, 0.5) is 0 Å².